The quantitative estimate of drug-likeness (QED) is 0.684. The molecule has 1 saturated heterocycles. The van der Waals surface area contributed by atoms with E-state index in [1.54, 1.807) is 12.0 Å². The van der Waals surface area contributed by atoms with Crippen molar-refractivity contribution in [1.82, 2.24) is 9.78 Å². The third kappa shape index (κ3) is 3.91. The van der Waals surface area contributed by atoms with Crippen LogP contribution < -0.4 is 15.0 Å². The van der Waals surface area contributed by atoms with Crippen molar-refractivity contribution in [2.45, 2.75) is 27.2 Å². The molecule has 1 aliphatic heterocycles. The molecular weight excluding hydrogens is 392 g/mol. The maximum absolute atomic E-state index is 13.1. The Labute approximate surface area is 181 Å². The van der Waals surface area contributed by atoms with Gasteiger partial charge in [0.05, 0.1) is 41.5 Å². The van der Waals surface area contributed by atoms with Crippen molar-refractivity contribution in [2.24, 2.45) is 5.92 Å². The van der Waals surface area contributed by atoms with Crippen LogP contribution in [-0.2, 0) is 9.59 Å². The van der Waals surface area contributed by atoms with Crippen LogP contribution in [0.15, 0.2) is 48.5 Å². The molecule has 2 heterocycles. The summed E-state index contributed by atoms with van der Waals surface area (Å²) in [6, 6.07) is 15.5. The van der Waals surface area contributed by atoms with Crippen molar-refractivity contribution < 1.29 is 14.3 Å². The summed E-state index contributed by atoms with van der Waals surface area (Å²) < 4.78 is 7.24. The molecule has 0 spiro atoms. The Morgan fingerprint density at radius 3 is 2.58 bits per heavy atom. The zero-order valence-corrected chi connectivity index (χ0v) is 18.2. The van der Waals surface area contributed by atoms with Gasteiger partial charge in [0, 0.05) is 13.0 Å². The number of amides is 2. The molecule has 1 aromatic heterocycles. The van der Waals surface area contributed by atoms with Crippen molar-refractivity contribution in [1.29, 1.82) is 0 Å². The van der Waals surface area contributed by atoms with Crippen LogP contribution >= 0.6 is 0 Å². The molecule has 2 aromatic carbocycles. The van der Waals surface area contributed by atoms with Crippen molar-refractivity contribution in [3.63, 3.8) is 0 Å². The summed E-state index contributed by atoms with van der Waals surface area (Å²) >= 11 is 0. The van der Waals surface area contributed by atoms with Gasteiger partial charge in [0.25, 0.3) is 0 Å². The first kappa shape index (κ1) is 20.7. The smallest absolute Gasteiger partial charge is 0.229 e. The molecule has 1 unspecified atom stereocenters. The maximum Gasteiger partial charge on any atom is 0.229 e. The molecule has 31 heavy (non-hydrogen) atoms. The average molecular weight is 418 g/mol. The number of ether oxygens (including phenoxy) is 1. The Balaban J connectivity index is 1.54. The molecule has 1 fully saturated rings. The lowest BCUT2D eigenvalue weighted by Gasteiger charge is -2.20. The van der Waals surface area contributed by atoms with Gasteiger partial charge in [0.2, 0.25) is 11.8 Å². The summed E-state index contributed by atoms with van der Waals surface area (Å²) in [5, 5.41) is 7.59. The Morgan fingerprint density at radius 2 is 1.87 bits per heavy atom. The minimum atomic E-state index is -0.448. The van der Waals surface area contributed by atoms with Crippen molar-refractivity contribution >= 4 is 23.2 Å². The highest BCUT2D eigenvalue weighted by atomic mass is 16.5. The number of nitrogens with zero attached hydrogens (tertiary/aromatic N) is 3. The average Bonchev–Trinajstić information content (AvgIpc) is 3.29. The van der Waals surface area contributed by atoms with Crippen LogP contribution in [0.2, 0.25) is 0 Å². The first-order valence-electron chi connectivity index (χ1n) is 10.3. The molecule has 160 valence electrons. The number of aryl methyl sites for hydroxylation is 2. The molecule has 1 aliphatic rings. The summed E-state index contributed by atoms with van der Waals surface area (Å²) in [7, 11) is 1.58. The van der Waals surface area contributed by atoms with Crippen LogP contribution in [0, 0.1) is 26.7 Å². The van der Waals surface area contributed by atoms with E-state index in [0.29, 0.717) is 23.7 Å². The lowest BCUT2D eigenvalue weighted by molar-refractivity contribution is -0.122. The second-order valence-corrected chi connectivity index (χ2v) is 7.86. The highest BCUT2D eigenvalue weighted by Crippen LogP contribution is 2.34. The molecule has 7 heteroatoms. The fraction of sp³-hybridized carbons (Fsp3) is 0.292. The number of rotatable bonds is 5. The Morgan fingerprint density at radius 1 is 1.13 bits per heavy atom. The first-order chi connectivity index (χ1) is 14.9. The van der Waals surface area contributed by atoms with Gasteiger partial charge in [0.15, 0.2) is 0 Å². The van der Waals surface area contributed by atoms with E-state index in [0.717, 1.165) is 22.6 Å². The van der Waals surface area contributed by atoms with Crippen LogP contribution in [0.5, 0.6) is 5.75 Å². The van der Waals surface area contributed by atoms with Gasteiger partial charge in [0.1, 0.15) is 5.75 Å². The van der Waals surface area contributed by atoms with Gasteiger partial charge in [-0.05, 0) is 50.6 Å². The monoisotopic (exact) mass is 418 g/mol. The Bertz CT molecular complexity index is 1140. The van der Waals surface area contributed by atoms with E-state index >= 15 is 0 Å². The van der Waals surface area contributed by atoms with E-state index in [-0.39, 0.29) is 18.2 Å². The number of benzene rings is 2. The number of anilines is 2. The number of hydrogen-bond acceptors (Lipinski definition) is 4. The molecule has 1 N–H and O–H groups in total. The highest BCUT2D eigenvalue weighted by Gasteiger charge is 2.37. The molecule has 0 bridgehead atoms. The second kappa shape index (κ2) is 8.26. The Hall–Kier alpha value is -3.61. The number of nitrogens with one attached hydrogen (secondary N) is 1. The second-order valence-electron chi connectivity index (χ2n) is 7.86. The standard InChI is InChI=1S/C24H26N4O3/c1-15-10-11-21(31-4)20(12-15)27-14-18(13-22(27)29)24(30)25-23-16(2)26-28(17(23)3)19-8-6-5-7-9-19/h5-12,18H,13-14H2,1-4H3,(H,25,30). The van der Waals surface area contributed by atoms with E-state index in [9.17, 15) is 9.59 Å². The third-order valence-electron chi connectivity index (χ3n) is 5.66. The normalized spacial score (nSPS) is 15.9. The van der Waals surface area contributed by atoms with Crippen molar-refractivity contribution in [3.8, 4) is 11.4 Å². The maximum atomic E-state index is 13.1. The summed E-state index contributed by atoms with van der Waals surface area (Å²) in [5.74, 6) is -0.0915. The van der Waals surface area contributed by atoms with E-state index < -0.39 is 5.92 Å². The summed E-state index contributed by atoms with van der Waals surface area (Å²) in [5.41, 5.74) is 4.92. The molecule has 0 radical (unpaired) electrons. The van der Waals surface area contributed by atoms with E-state index in [1.165, 1.54) is 0 Å². The molecule has 7 nitrogen and oxygen atoms in total. The van der Waals surface area contributed by atoms with Crippen LogP contribution in [-0.4, -0.2) is 35.2 Å². The fourth-order valence-electron chi connectivity index (χ4n) is 4.00. The summed E-state index contributed by atoms with van der Waals surface area (Å²) in [6.07, 6.45) is 0.161. The van der Waals surface area contributed by atoms with Crippen LogP contribution in [0.25, 0.3) is 5.69 Å². The topological polar surface area (TPSA) is 76.5 Å². The zero-order chi connectivity index (χ0) is 22.1. The number of carbonyl (C=O) groups is 2. The molecular formula is C24H26N4O3. The predicted octanol–water partition coefficient (Wildman–Crippen LogP) is 3.80. The Kier molecular flexibility index (Phi) is 5.50. The van der Waals surface area contributed by atoms with Gasteiger partial charge in [-0.1, -0.05) is 24.3 Å². The van der Waals surface area contributed by atoms with Crippen molar-refractivity contribution in [3.05, 3.63) is 65.5 Å². The van der Waals surface area contributed by atoms with Gasteiger partial charge in [-0.15, -0.1) is 0 Å². The largest absolute Gasteiger partial charge is 0.495 e. The number of aromatic nitrogens is 2. The molecule has 2 amide bonds. The van der Waals surface area contributed by atoms with Gasteiger partial charge in [-0.25, -0.2) is 4.68 Å². The lowest BCUT2D eigenvalue weighted by atomic mass is 10.1. The SMILES string of the molecule is COc1ccc(C)cc1N1CC(C(=O)Nc2c(C)nn(-c3ccccc3)c2C)CC1=O. The van der Waals surface area contributed by atoms with Gasteiger partial charge < -0.3 is 15.0 Å². The van der Waals surface area contributed by atoms with Gasteiger partial charge >= 0.3 is 0 Å². The minimum Gasteiger partial charge on any atom is -0.495 e. The molecule has 3 aromatic rings. The van der Waals surface area contributed by atoms with Crippen LogP contribution in [0.3, 0.4) is 0 Å². The van der Waals surface area contributed by atoms with E-state index in [2.05, 4.69) is 10.4 Å². The minimum absolute atomic E-state index is 0.0857. The van der Waals surface area contributed by atoms with Gasteiger partial charge in [-0.3, -0.25) is 9.59 Å². The third-order valence-corrected chi connectivity index (χ3v) is 5.66. The summed E-state index contributed by atoms with van der Waals surface area (Å²) in [4.78, 5) is 27.4. The van der Waals surface area contributed by atoms with E-state index in [4.69, 9.17) is 4.74 Å². The molecule has 0 saturated carbocycles. The number of carbonyl (C=O) groups excluding carboxylic acids is 2. The van der Waals surface area contributed by atoms with Crippen LogP contribution in [0.4, 0.5) is 11.4 Å². The number of para-hydroxylation sites is 1. The zero-order valence-electron chi connectivity index (χ0n) is 18.2. The predicted molar refractivity (Wildman–Crippen MR) is 120 cm³/mol. The molecule has 1 atom stereocenters. The number of hydrogen-bond donors (Lipinski definition) is 1. The fourth-order valence-corrected chi connectivity index (χ4v) is 4.00. The summed E-state index contributed by atoms with van der Waals surface area (Å²) in [6.45, 7) is 6.07. The van der Waals surface area contributed by atoms with Crippen LogP contribution in [0.1, 0.15) is 23.4 Å². The van der Waals surface area contributed by atoms with Gasteiger partial charge in [-0.2, -0.15) is 5.10 Å². The lowest BCUT2D eigenvalue weighted by Crippen LogP contribution is -2.28. The van der Waals surface area contributed by atoms with Crippen molar-refractivity contribution in [2.75, 3.05) is 23.9 Å². The molecule has 4 rings (SSSR count). The highest BCUT2D eigenvalue weighted by molar-refractivity contribution is 6.04. The number of methoxy groups -OCH3 is 1. The molecule has 0 aliphatic carbocycles. The van der Waals surface area contributed by atoms with E-state index in [1.807, 2.05) is 74.0 Å². The first-order valence-corrected chi connectivity index (χ1v) is 10.3.